The van der Waals surface area contributed by atoms with Gasteiger partial charge < -0.3 is 10.0 Å². The van der Waals surface area contributed by atoms with E-state index in [-0.39, 0.29) is 11.9 Å². The number of para-hydroxylation sites is 1. The van der Waals surface area contributed by atoms with E-state index in [1.165, 1.54) is 6.07 Å². The van der Waals surface area contributed by atoms with E-state index in [0.29, 0.717) is 11.3 Å². The molecule has 2 atom stereocenters. The summed E-state index contributed by atoms with van der Waals surface area (Å²) in [7, 11) is 0. The van der Waals surface area contributed by atoms with Crippen LogP contribution in [0.1, 0.15) is 45.8 Å². The van der Waals surface area contributed by atoms with Crippen molar-refractivity contribution in [3.05, 3.63) is 29.6 Å². The Morgan fingerprint density at radius 2 is 1.94 bits per heavy atom. The molecule has 2 unspecified atom stereocenters. The van der Waals surface area contributed by atoms with Crippen molar-refractivity contribution in [3.8, 4) is 0 Å². The standard InChI is InChI=1S/C14H22FNO/c1-5-10(3)16(6-2)14-12(11(4)17)8-7-9-13(14)15/h7-11,17H,5-6H2,1-4H3. The zero-order chi connectivity index (χ0) is 13.0. The molecule has 3 heteroatoms. The minimum atomic E-state index is -0.654. The maximum Gasteiger partial charge on any atom is 0.146 e. The van der Waals surface area contributed by atoms with Crippen LogP contribution in [0.2, 0.25) is 0 Å². The lowest BCUT2D eigenvalue weighted by atomic mass is 10.0. The first-order valence-corrected chi connectivity index (χ1v) is 6.26. The van der Waals surface area contributed by atoms with E-state index in [9.17, 15) is 9.50 Å². The van der Waals surface area contributed by atoms with Crippen LogP contribution in [-0.2, 0) is 0 Å². The second-order valence-corrected chi connectivity index (χ2v) is 4.40. The third-order valence-electron chi connectivity index (χ3n) is 3.22. The van der Waals surface area contributed by atoms with Crippen molar-refractivity contribution in [2.75, 3.05) is 11.4 Å². The van der Waals surface area contributed by atoms with Crippen LogP contribution in [0.3, 0.4) is 0 Å². The molecule has 0 heterocycles. The molecule has 1 aromatic carbocycles. The molecule has 0 fully saturated rings. The maximum atomic E-state index is 14.0. The number of anilines is 1. The van der Waals surface area contributed by atoms with Gasteiger partial charge in [0, 0.05) is 18.2 Å². The lowest BCUT2D eigenvalue weighted by Gasteiger charge is -2.32. The average Bonchev–Trinajstić information content (AvgIpc) is 2.31. The number of hydrogen-bond acceptors (Lipinski definition) is 2. The van der Waals surface area contributed by atoms with Gasteiger partial charge in [0.15, 0.2) is 0 Å². The Bertz CT molecular complexity index is 365. The average molecular weight is 239 g/mol. The first-order chi connectivity index (χ1) is 8.02. The molecule has 0 bridgehead atoms. The summed E-state index contributed by atoms with van der Waals surface area (Å²) in [5.41, 5.74) is 1.20. The predicted molar refractivity (Wildman–Crippen MR) is 69.8 cm³/mol. The Morgan fingerprint density at radius 1 is 1.29 bits per heavy atom. The molecule has 0 aromatic heterocycles. The first kappa shape index (κ1) is 14.0. The van der Waals surface area contributed by atoms with Crippen molar-refractivity contribution in [2.45, 2.75) is 46.3 Å². The minimum Gasteiger partial charge on any atom is -0.389 e. The van der Waals surface area contributed by atoms with Crippen molar-refractivity contribution in [3.63, 3.8) is 0 Å². The van der Waals surface area contributed by atoms with E-state index >= 15 is 0 Å². The third kappa shape index (κ3) is 2.97. The van der Waals surface area contributed by atoms with E-state index in [0.717, 1.165) is 13.0 Å². The molecule has 0 saturated heterocycles. The maximum absolute atomic E-state index is 14.0. The van der Waals surface area contributed by atoms with E-state index in [2.05, 4.69) is 13.8 Å². The summed E-state index contributed by atoms with van der Waals surface area (Å²) in [6.07, 6.45) is 0.292. The quantitative estimate of drug-likeness (QED) is 0.850. The molecule has 2 nitrogen and oxygen atoms in total. The van der Waals surface area contributed by atoms with Gasteiger partial charge in [0.25, 0.3) is 0 Å². The smallest absolute Gasteiger partial charge is 0.146 e. The topological polar surface area (TPSA) is 23.5 Å². The number of aliphatic hydroxyl groups is 1. The summed E-state index contributed by atoms with van der Waals surface area (Å²) in [4.78, 5) is 2.01. The number of nitrogens with zero attached hydrogens (tertiary/aromatic N) is 1. The molecule has 0 radical (unpaired) electrons. The van der Waals surface area contributed by atoms with Gasteiger partial charge >= 0.3 is 0 Å². The van der Waals surface area contributed by atoms with Gasteiger partial charge in [-0.2, -0.15) is 0 Å². The molecule has 1 rings (SSSR count). The molecule has 96 valence electrons. The summed E-state index contributed by atoms with van der Waals surface area (Å²) < 4.78 is 14.0. The minimum absolute atomic E-state index is 0.259. The Kier molecular flexibility index (Phi) is 4.94. The Balaban J connectivity index is 3.26. The number of rotatable bonds is 5. The zero-order valence-corrected chi connectivity index (χ0v) is 11.1. The first-order valence-electron chi connectivity index (χ1n) is 6.26. The Morgan fingerprint density at radius 3 is 2.41 bits per heavy atom. The summed E-state index contributed by atoms with van der Waals surface area (Å²) in [5, 5.41) is 9.73. The predicted octanol–water partition coefficient (Wildman–Crippen LogP) is 3.50. The Hall–Kier alpha value is -1.09. The van der Waals surface area contributed by atoms with Crippen LogP contribution in [0, 0.1) is 5.82 Å². The van der Waals surface area contributed by atoms with Gasteiger partial charge in [-0.15, -0.1) is 0 Å². The molecule has 0 aliphatic rings. The molecular weight excluding hydrogens is 217 g/mol. The van der Waals surface area contributed by atoms with E-state index in [4.69, 9.17) is 0 Å². The summed E-state index contributed by atoms with van der Waals surface area (Å²) in [5.74, 6) is -0.259. The molecule has 0 aliphatic heterocycles. The second kappa shape index (κ2) is 6.01. The summed E-state index contributed by atoms with van der Waals surface area (Å²) >= 11 is 0. The normalized spacial score (nSPS) is 14.5. The molecule has 1 N–H and O–H groups in total. The molecular formula is C14H22FNO. The summed E-state index contributed by atoms with van der Waals surface area (Å²) in [6, 6.07) is 5.14. The number of benzene rings is 1. The highest BCUT2D eigenvalue weighted by Crippen LogP contribution is 2.31. The van der Waals surface area contributed by atoms with Crippen LogP contribution < -0.4 is 4.90 Å². The van der Waals surface area contributed by atoms with E-state index in [1.807, 2.05) is 11.8 Å². The monoisotopic (exact) mass is 239 g/mol. The molecule has 0 spiro atoms. The highest BCUT2D eigenvalue weighted by molar-refractivity contribution is 5.56. The number of hydrogen-bond donors (Lipinski definition) is 1. The third-order valence-corrected chi connectivity index (χ3v) is 3.22. The van der Waals surface area contributed by atoms with Crippen molar-refractivity contribution in [1.29, 1.82) is 0 Å². The molecule has 0 aliphatic carbocycles. The van der Waals surface area contributed by atoms with Gasteiger partial charge in [0.1, 0.15) is 5.82 Å². The molecule has 0 saturated carbocycles. The lowest BCUT2D eigenvalue weighted by molar-refractivity contribution is 0.199. The van der Waals surface area contributed by atoms with Gasteiger partial charge in [-0.1, -0.05) is 19.1 Å². The van der Waals surface area contributed by atoms with E-state index in [1.54, 1.807) is 19.1 Å². The van der Waals surface area contributed by atoms with Gasteiger partial charge in [0.05, 0.1) is 11.8 Å². The van der Waals surface area contributed by atoms with Gasteiger partial charge in [-0.25, -0.2) is 4.39 Å². The van der Waals surface area contributed by atoms with Crippen molar-refractivity contribution >= 4 is 5.69 Å². The molecule has 1 aromatic rings. The van der Waals surface area contributed by atoms with E-state index < -0.39 is 6.10 Å². The SMILES string of the molecule is CCC(C)N(CC)c1c(F)cccc1C(C)O. The van der Waals surface area contributed by atoms with Crippen LogP contribution in [0.4, 0.5) is 10.1 Å². The van der Waals surface area contributed by atoms with Gasteiger partial charge in [-0.3, -0.25) is 0 Å². The van der Waals surface area contributed by atoms with Gasteiger partial charge in [-0.05, 0) is 33.3 Å². The second-order valence-electron chi connectivity index (χ2n) is 4.40. The van der Waals surface area contributed by atoms with Crippen LogP contribution in [0.5, 0.6) is 0 Å². The lowest BCUT2D eigenvalue weighted by Crippen LogP contribution is -2.34. The summed E-state index contributed by atoms with van der Waals surface area (Å²) in [6.45, 7) is 8.56. The van der Waals surface area contributed by atoms with Crippen LogP contribution in [-0.4, -0.2) is 17.7 Å². The van der Waals surface area contributed by atoms with Crippen molar-refractivity contribution in [2.24, 2.45) is 0 Å². The fourth-order valence-corrected chi connectivity index (χ4v) is 2.08. The fourth-order valence-electron chi connectivity index (χ4n) is 2.08. The van der Waals surface area contributed by atoms with Crippen molar-refractivity contribution in [1.82, 2.24) is 0 Å². The zero-order valence-electron chi connectivity index (χ0n) is 11.1. The van der Waals surface area contributed by atoms with Gasteiger partial charge in [0.2, 0.25) is 0 Å². The van der Waals surface area contributed by atoms with Crippen molar-refractivity contribution < 1.29 is 9.50 Å². The van der Waals surface area contributed by atoms with Crippen LogP contribution in [0.25, 0.3) is 0 Å². The van der Waals surface area contributed by atoms with Crippen LogP contribution >= 0.6 is 0 Å². The molecule has 17 heavy (non-hydrogen) atoms. The van der Waals surface area contributed by atoms with Crippen LogP contribution in [0.15, 0.2) is 18.2 Å². The highest BCUT2D eigenvalue weighted by Gasteiger charge is 2.20. The largest absolute Gasteiger partial charge is 0.389 e. The molecule has 0 amide bonds. The fraction of sp³-hybridized carbons (Fsp3) is 0.571. The Labute approximate surface area is 103 Å². The number of halogens is 1. The number of aliphatic hydroxyl groups excluding tert-OH is 1. The highest BCUT2D eigenvalue weighted by atomic mass is 19.1.